The van der Waals surface area contributed by atoms with E-state index in [4.69, 9.17) is 21.1 Å². The quantitative estimate of drug-likeness (QED) is 0.562. The van der Waals surface area contributed by atoms with Crippen molar-refractivity contribution >= 4 is 23.3 Å². The third kappa shape index (κ3) is 4.62. The minimum absolute atomic E-state index is 0.0875. The van der Waals surface area contributed by atoms with Crippen molar-refractivity contribution in [1.29, 1.82) is 0 Å². The predicted octanol–water partition coefficient (Wildman–Crippen LogP) is 5.32. The van der Waals surface area contributed by atoms with E-state index in [2.05, 4.69) is 17.0 Å². The number of aliphatic hydroxyl groups excluding tert-OH is 1. The zero-order valence-corrected chi connectivity index (χ0v) is 22.1. The average molecular weight is 526 g/mol. The molecule has 1 saturated carbocycles. The summed E-state index contributed by atoms with van der Waals surface area (Å²) in [7, 11) is 0. The summed E-state index contributed by atoms with van der Waals surface area (Å²) in [6, 6.07) is 11.5. The van der Waals surface area contributed by atoms with Crippen LogP contribution in [0.15, 0.2) is 36.4 Å². The number of nitrogens with zero attached hydrogens (tertiary/aromatic N) is 1. The summed E-state index contributed by atoms with van der Waals surface area (Å²) >= 11 is 6.36. The van der Waals surface area contributed by atoms with Crippen LogP contribution in [0.1, 0.15) is 60.5 Å². The van der Waals surface area contributed by atoms with Crippen LogP contribution in [0.5, 0.6) is 5.75 Å². The summed E-state index contributed by atoms with van der Waals surface area (Å²) in [6.07, 6.45) is 5.79. The summed E-state index contributed by atoms with van der Waals surface area (Å²) in [6.45, 7) is 4.80. The SMILES string of the molecule is C[C@H]1CO[C@@H]([C@@H]2CC[C@H]2CN2CC3(CCCc4cc(Cl)ccc43)COc3ccc(C(=O)O)cc32)C[C@H]1O. The fraction of sp³-hybridized carbons (Fsp3) is 0.567. The number of aromatic carboxylic acids is 1. The molecule has 2 aromatic rings. The number of aryl methyl sites for hydroxylation is 1. The highest BCUT2D eigenvalue weighted by Crippen LogP contribution is 2.47. The lowest BCUT2D eigenvalue weighted by atomic mass is 9.67. The molecule has 0 bridgehead atoms. The van der Waals surface area contributed by atoms with Crippen molar-refractivity contribution in [3.8, 4) is 5.75 Å². The number of anilines is 1. The molecule has 2 aliphatic carbocycles. The van der Waals surface area contributed by atoms with Gasteiger partial charge < -0.3 is 24.6 Å². The van der Waals surface area contributed by atoms with Gasteiger partial charge in [0.2, 0.25) is 0 Å². The molecule has 2 N–H and O–H groups in total. The molecule has 2 heterocycles. The number of halogens is 1. The van der Waals surface area contributed by atoms with Gasteiger partial charge in [0, 0.05) is 35.9 Å². The number of carboxylic acids is 1. The molecule has 1 unspecified atom stereocenters. The van der Waals surface area contributed by atoms with Crippen LogP contribution < -0.4 is 9.64 Å². The Kier molecular flexibility index (Phi) is 6.62. The van der Waals surface area contributed by atoms with Crippen molar-refractivity contribution in [3.63, 3.8) is 0 Å². The normalized spacial score (nSPS) is 33.1. The van der Waals surface area contributed by atoms with Crippen LogP contribution in [0.3, 0.4) is 0 Å². The largest absolute Gasteiger partial charge is 0.490 e. The van der Waals surface area contributed by atoms with Crippen molar-refractivity contribution in [2.45, 2.75) is 63.1 Å². The highest BCUT2D eigenvalue weighted by molar-refractivity contribution is 6.30. The number of hydrogen-bond donors (Lipinski definition) is 2. The minimum atomic E-state index is -0.931. The number of aliphatic hydroxyl groups is 1. The lowest BCUT2D eigenvalue weighted by Crippen LogP contribution is -2.51. The second-order valence-corrected chi connectivity index (χ2v) is 12.2. The Hall–Kier alpha value is -2.28. The van der Waals surface area contributed by atoms with Crippen molar-refractivity contribution in [1.82, 2.24) is 0 Å². The van der Waals surface area contributed by atoms with Crippen LogP contribution in [-0.4, -0.2) is 54.7 Å². The molecule has 1 spiro atoms. The smallest absolute Gasteiger partial charge is 0.335 e. The molecular weight excluding hydrogens is 490 g/mol. The fourth-order valence-electron chi connectivity index (χ4n) is 7.06. The molecule has 7 heteroatoms. The van der Waals surface area contributed by atoms with Gasteiger partial charge in [-0.15, -0.1) is 0 Å². The monoisotopic (exact) mass is 525 g/mol. The Bertz CT molecular complexity index is 1190. The topological polar surface area (TPSA) is 79.2 Å². The molecule has 0 radical (unpaired) electrons. The lowest BCUT2D eigenvalue weighted by Gasteiger charge is -2.48. The van der Waals surface area contributed by atoms with E-state index in [1.54, 1.807) is 12.1 Å². The number of fused-ring (bicyclic) bond motifs is 3. The summed E-state index contributed by atoms with van der Waals surface area (Å²) in [4.78, 5) is 14.2. The zero-order chi connectivity index (χ0) is 25.7. The van der Waals surface area contributed by atoms with Gasteiger partial charge in [0.05, 0.1) is 36.7 Å². The van der Waals surface area contributed by atoms with Crippen LogP contribution in [0, 0.1) is 17.8 Å². The molecule has 1 saturated heterocycles. The maximum atomic E-state index is 11.9. The van der Waals surface area contributed by atoms with Crippen molar-refractivity contribution in [3.05, 3.63) is 58.1 Å². The molecule has 198 valence electrons. The third-order valence-corrected chi connectivity index (χ3v) is 9.63. The van der Waals surface area contributed by atoms with Crippen molar-refractivity contribution < 1.29 is 24.5 Å². The van der Waals surface area contributed by atoms with Crippen LogP contribution in [0.2, 0.25) is 5.02 Å². The molecule has 37 heavy (non-hydrogen) atoms. The summed E-state index contributed by atoms with van der Waals surface area (Å²) in [5.74, 6) is 0.830. The Morgan fingerprint density at radius 3 is 2.84 bits per heavy atom. The molecule has 0 aromatic heterocycles. The second kappa shape index (κ2) is 9.79. The van der Waals surface area contributed by atoms with E-state index in [-0.39, 0.29) is 29.1 Å². The fourth-order valence-corrected chi connectivity index (χ4v) is 7.26. The van der Waals surface area contributed by atoms with Gasteiger partial charge in [-0.1, -0.05) is 24.6 Å². The van der Waals surface area contributed by atoms with Gasteiger partial charge in [0.15, 0.2) is 0 Å². The van der Waals surface area contributed by atoms with Gasteiger partial charge in [-0.25, -0.2) is 4.79 Å². The van der Waals surface area contributed by atoms with E-state index in [1.165, 1.54) is 11.1 Å². The first-order valence-electron chi connectivity index (χ1n) is 13.7. The predicted molar refractivity (Wildman–Crippen MR) is 143 cm³/mol. The summed E-state index contributed by atoms with van der Waals surface area (Å²) in [5.41, 5.74) is 3.54. The van der Waals surface area contributed by atoms with Crippen molar-refractivity contribution in [2.24, 2.45) is 17.8 Å². The van der Waals surface area contributed by atoms with Crippen LogP contribution in [0.25, 0.3) is 0 Å². The van der Waals surface area contributed by atoms with Gasteiger partial charge in [-0.2, -0.15) is 0 Å². The van der Waals surface area contributed by atoms with Gasteiger partial charge >= 0.3 is 5.97 Å². The van der Waals surface area contributed by atoms with E-state index in [0.717, 1.165) is 61.7 Å². The highest BCUT2D eigenvalue weighted by Gasteiger charge is 2.45. The highest BCUT2D eigenvalue weighted by atomic mass is 35.5. The van der Waals surface area contributed by atoms with E-state index in [0.29, 0.717) is 31.5 Å². The Labute approximate surface area is 223 Å². The molecule has 2 fully saturated rings. The first kappa shape index (κ1) is 25.0. The van der Waals surface area contributed by atoms with Crippen LogP contribution >= 0.6 is 11.6 Å². The number of hydrogen-bond acceptors (Lipinski definition) is 5. The maximum Gasteiger partial charge on any atom is 0.335 e. The van der Waals surface area contributed by atoms with Crippen LogP contribution in [-0.2, 0) is 16.6 Å². The molecule has 2 aliphatic heterocycles. The first-order valence-corrected chi connectivity index (χ1v) is 14.0. The second-order valence-electron chi connectivity index (χ2n) is 11.7. The Balaban J connectivity index is 1.33. The lowest BCUT2D eigenvalue weighted by molar-refractivity contribution is -0.124. The molecule has 4 aliphatic rings. The number of benzene rings is 2. The number of ether oxygens (including phenoxy) is 2. The zero-order valence-electron chi connectivity index (χ0n) is 21.4. The summed E-state index contributed by atoms with van der Waals surface area (Å²) < 4.78 is 12.7. The molecule has 0 amide bonds. The maximum absolute atomic E-state index is 11.9. The Morgan fingerprint density at radius 1 is 1.22 bits per heavy atom. The number of carbonyl (C=O) groups is 1. The third-order valence-electron chi connectivity index (χ3n) is 9.40. The van der Waals surface area contributed by atoms with E-state index in [1.807, 2.05) is 19.1 Å². The van der Waals surface area contributed by atoms with E-state index in [9.17, 15) is 15.0 Å². The van der Waals surface area contributed by atoms with E-state index >= 15 is 0 Å². The van der Waals surface area contributed by atoms with Gasteiger partial charge in [0.1, 0.15) is 5.75 Å². The first-order chi connectivity index (χ1) is 17.8. The Morgan fingerprint density at radius 2 is 2.08 bits per heavy atom. The number of carboxylic acid groups (broad SMARTS) is 1. The molecule has 2 aromatic carbocycles. The minimum Gasteiger partial charge on any atom is -0.490 e. The molecule has 6 atom stereocenters. The van der Waals surface area contributed by atoms with E-state index < -0.39 is 5.97 Å². The van der Waals surface area contributed by atoms with Gasteiger partial charge in [-0.3, -0.25) is 0 Å². The van der Waals surface area contributed by atoms with Gasteiger partial charge in [-0.05, 0) is 85.4 Å². The average Bonchev–Trinajstić information content (AvgIpc) is 3.01. The standard InChI is InChI=1S/C30H36ClNO5/c1-18-15-36-28(13-26(18)33)23-7-4-21(23)14-32-16-30(10-2-3-19-11-22(31)6-8-24(19)30)17-37-27-9-5-20(29(34)35)12-25(27)32/h5-6,8-9,11-12,18,21,23,26,28,33H,2-4,7,10,13-17H2,1H3,(H,34,35)/t18-,21-,23+,26+,28+,30?/m0/s1. The van der Waals surface area contributed by atoms with Gasteiger partial charge in [0.25, 0.3) is 0 Å². The van der Waals surface area contributed by atoms with Crippen molar-refractivity contribution in [2.75, 3.05) is 31.2 Å². The van der Waals surface area contributed by atoms with Crippen LogP contribution in [0.4, 0.5) is 5.69 Å². The summed E-state index contributed by atoms with van der Waals surface area (Å²) in [5, 5.41) is 21.0. The molecular formula is C30H36ClNO5. The number of rotatable bonds is 4. The molecule has 6 rings (SSSR count). The molecule has 6 nitrogen and oxygen atoms in total.